The number of anilines is 1. The number of carbonyl (C=O) groups excluding carboxylic acids is 2. The Bertz CT molecular complexity index is 557. The lowest BCUT2D eigenvalue weighted by atomic mass is 10.1. The minimum Gasteiger partial charge on any atom is -0.461 e. The highest BCUT2D eigenvalue weighted by molar-refractivity contribution is 6.36. The van der Waals surface area contributed by atoms with E-state index in [9.17, 15) is 9.59 Å². The first-order chi connectivity index (χ1) is 11.2. The van der Waals surface area contributed by atoms with E-state index in [2.05, 4.69) is 10.5 Å². The minimum atomic E-state index is -0.405. The number of amides is 1. The Hall–Kier alpha value is -2.37. The minimum absolute atomic E-state index is 0.00648. The lowest BCUT2D eigenvalue weighted by Crippen LogP contribution is -2.18. The molecular weight excluding hydrogens is 296 g/mol. The molecule has 23 heavy (non-hydrogen) atoms. The first kappa shape index (κ1) is 17.0. The quantitative estimate of drug-likeness (QED) is 0.590. The summed E-state index contributed by atoms with van der Waals surface area (Å²) in [6.07, 6.45) is 3.24. The first-order valence-corrected chi connectivity index (χ1v) is 7.93. The second-order valence-corrected chi connectivity index (χ2v) is 5.35. The van der Waals surface area contributed by atoms with Crippen LogP contribution in [0.3, 0.4) is 0 Å². The van der Waals surface area contributed by atoms with E-state index in [4.69, 9.17) is 9.57 Å². The SMILES string of the molecule is CCOC(=O)C1=NOC(CCCCC(=O)Nc2ccccc2)C1. The van der Waals surface area contributed by atoms with Crippen molar-refractivity contribution in [1.82, 2.24) is 0 Å². The van der Waals surface area contributed by atoms with Gasteiger partial charge in [0, 0.05) is 18.5 Å². The molecule has 6 heteroatoms. The fraction of sp³-hybridized carbons (Fsp3) is 0.471. The van der Waals surface area contributed by atoms with Gasteiger partial charge >= 0.3 is 5.97 Å². The topological polar surface area (TPSA) is 77.0 Å². The molecule has 1 aliphatic rings. The van der Waals surface area contributed by atoms with Crippen molar-refractivity contribution >= 4 is 23.3 Å². The highest BCUT2D eigenvalue weighted by atomic mass is 16.6. The van der Waals surface area contributed by atoms with E-state index < -0.39 is 5.97 Å². The van der Waals surface area contributed by atoms with Crippen molar-refractivity contribution in [2.24, 2.45) is 5.16 Å². The molecule has 1 N–H and O–H groups in total. The van der Waals surface area contributed by atoms with E-state index in [0.717, 1.165) is 24.9 Å². The Morgan fingerprint density at radius 1 is 1.30 bits per heavy atom. The van der Waals surface area contributed by atoms with Crippen molar-refractivity contribution in [3.63, 3.8) is 0 Å². The summed E-state index contributed by atoms with van der Waals surface area (Å²) >= 11 is 0. The maximum atomic E-state index is 11.8. The van der Waals surface area contributed by atoms with Crippen LogP contribution in [-0.2, 0) is 19.2 Å². The number of unbranched alkanes of at least 4 members (excludes halogenated alkanes) is 1. The van der Waals surface area contributed by atoms with E-state index in [1.807, 2.05) is 30.3 Å². The van der Waals surface area contributed by atoms with Crippen LogP contribution in [0.2, 0.25) is 0 Å². The summed E-state index contributed by atoms with van der Waals surface area (Å²) in [6.45, 7) is 2.09. The second-order valence-electron chi connectivity index (χ2n) is 5.35. The molecule has 1 atom stereocenters. The fourth-order valence-electron chi connectivity index (χ4n) is 2.32. The van der Waals surface area contributed by atoms with Crippen LogP contribution in [0.5, 0.6) is 0 Å². The molecule has 1 heterocycles. The molecule has 1 aliphatic heterocycles. The molecule has 0 bridgehead atoms. The number of nitrogens with zero attached hydrogens (tertiary/aromatic N) is 1. The number of nitrogens with one attached hydrogen (secondary N) is 1. The third kappa shape index (κ3) is 5.73. The van der Waals surface area contributed by atoms with Gasteiger partial charge in [-0.3, -0.25) is 4.79 Å². The van der Waals surface area contributed by atoms with Crippen molar-refractivity contribution in [3.8, 4) is 0 Å². The molecule has 0 saturated heterocycles. The van der Waals surface area contributed by atoms with Crippen molar-refractivity contribution in [2.75, 3.05) is 11.9 Å². The molecule has 0 fully saturated rings. The molecule has 1 amide bonds. The third-order valence-corrected chi connectivity index (χ3v) is 3.48. The fourth-order valence-corrected chi connectivity index (χ4v) is 2.32. The summed E-state index contributed by atoms with van der Waals surface area (Å²) in [5.74, 6) is -0.399. The number of hydrogen-bond acceptors (Lipinski definition) is 5. The van der Waals surface area contributed by atoms with E-state index in [1.54, 1.807) is 6.92 Å². The number of carbonyl (C=O) groups is 2. The molecule has 124 valence electrons. The van der Waals surface area contributed by atoms with Crippen molar-refractivity contribution in [2.45, 2.75) is 45.1 Å². The smallest absolute Gasteiger partial charge is 0.356 e. The molecule has 0 aliphatic carbocycles. The number of hydrogen-bond donors (Lipinski definition) is 1. The molecule has 0 aromatic heterocycles. The lowest BCUT2D eigenvalue weighted by molar-refractivity contribution is -0.135. The molecular formula is C17H22N2O4. The maximum Gasteiger partial charge on any atom is 0.356 e. The van der Waals surface area contributed by atoms with Crippen LogP contribution in [0.25, 0.3) is 0 Å². The van der Waals surface area contributed by atoms with Crippen LogP contribution in [0.15, 0.2) is 35.5 Å². The molecule has 0 spiro atoms. The predicted molar refractivity (Wildman–Crippen MR) is 87.1 cm³/mol. The van der Waals surface area contributed by atoms with Gasteiger partial charge < -0.3 is 14.9 Å². The molecule has 1 unspecified atom stereocenters. The van der Waals surface area contributed by atoms with Gasteiger partial charge in [0.2, 0.25) is 5.91 Å². The molecule has 0 saturated carbocycles. The molecule has 1 aromatic carbocycles. The van der Waals surface area contributed by atoms with E-state index in [0.29, 0.717) is 25.2 Å². The Kier molecular flexibility index (Phi) is 6.59. The van der Waals surface area contributed by atoms with Gasteiger partial charge in [-0.05, 0) is 38.3 Å². The number of ether oxygens (including phenoxy) is 1. The highest BCUT2D eigenvalue weighted by Gasteiger charge is 2.26. The third-order valence-electron chi connectivity index (χ3n) is 3.48. The van der Waals surface area contributed by atoms with Gasteiger partial charge in [-0.15, -0.1) is 0 Å². The first-order valence-electron chi connectivity index (χ1n) is 7.93. The summed E-state index contributed by atoms with van der Waals surface area (Å²) in [7, 11) is 0. The lowest BCUT2D eigenvalue weighted by Gasteiger charge is -2.08. The van der Waals surface area contributed by atoms with Gasteiger partial charge in [-0.2, -0.15) is 0 Å². The number of para-hydroxylation sites is 1. The molecule has 2 rings (SSSR count). The zero-order valence-corrected chi connectivity index (χ0v) is 13.3. The largest absolute Gasteiger partial charge is 0.461 e. The van der Waals surface area contributed by atoms with Gasteiger partial charge in [0.15, 0.2) is 5.71 Å². The van der Waals surface area contributed by atoms with Crippen LogP contribution < -0.4 is 5.32 Å². The van der Waals surface area contributed by atoms with Crippen molar-refractivity contribution < 1.29 is 19.2 Å². The van der Waals surface area contributed by atoms with Crippen LogP contribution in [-0.4, -0.2) is 30.3 Å². The van der Waals surface area contributed by atoms with Gasteiger partial charge in [0.1, 0.15) is 6.10 Å². The Labute approximate surface area is 135 Å². The van der Waals surface area contributed by atoms with Crippen LogP contribution >= 0.6 is 0 Å². The molecule has 6 nitrogen and oxygen atoms in total. The standard InChI is InChI=1S/C17H22N2O4/c1-2-22-17(21)15-12-14(23-19-15)10-6-7-11-16(20)18-13-8-4-3-5-9-13/h3-5,8-9,14H,2,6-7,10-12H2,1H3,(H,18,20). The normalized spacial score (nSPS) is 16.4. The monoisotopic (exact) mass is 318 g/mol. The molecule has 0 radical (unpaired) electrons. The highest BCUT2D eigenvalue weighted by Crippen LogP contribution is 2.18. The number of benzene rings is 1. The number of esters is 1. The summed E-state index contributed by atoms with van der Waals surface area (Å²) in [5.41, 5.74) is 1.16. The summed E-state index contributed by atoms with van der Waals surface area (Å²) < 4.78 is 4.89. The van der Waals surface area contributed by atoms with Gasteiger partial charge in [0.25, 0.3) is 0 Å². The van der Waals surface area contributed by atoms with Crippen molar-refractivity contribution in [1.29, 1.82) is 0 Å². The number of rotatable bonds is 8. The van der Waals surface area contributed by atoms with Crippen molar-refractivity contribution in [3.05, 3.63) is 30.3 Å². The van der Waals surface area contributed by atoms with Crippen LogP contribution in [0.4, 0.5) is 5.69 Å². The predicted octanol–water partition coefficient (Wildman–Crippen LogP) is 2.89. The second kappa shape index (κ2) is 8.92. The maximum absolute atomic E-state index is 11.8. The van der Waals surface area contributed by atoms with Gasteiger partial charge in [-0.1, -0.05) is 23.4 Å². The van der Waals surface area contributed by atoms with Crippen LogP contribution in [0.1, 0.15) is 39.0 Å². The average molecular weight is 318 g/mol. The Morgan fingerprint density at radius 3 is 2.83 bits per heavy atom. The molecule has 1 aromatic rings. The zero-order chi connectivity index (χ0) is 16.5. The van der Waals surface area contributed by atoms with Crippen LogP contribution in [0, 0.1) is 0 Å². The zero-order valence-electron chi connectivity index (χ0n) is 13.3. The Morgan fingerprint density at radius 2 is 2.09 bits per heavy atom. The van der Waals surface area contributed by atoms with Gasteiger partial charge in [-0.25, -0.2) is 4.79 Å². The van der Waals surface area contributed by atoms with Gasteiger partial charge in [0.05, 0.1) is 6.61 Å². The summed E-state index contributed by atoms with van der Waals surface area (Å²) in [5, 5.41) is 6.62. The Balaban J connectivity index is 1.58. The van der Waals surface area contributed by atoms with E-state index >= 15 is 0 Å². The summed E-state index contributed by atoms with van der Waals surface area (Å²) in [4.78, 5) is 28.5. The van der Waals surface area contributed by atoms with E-state index in [1.165, 1.54) is 0 Å². The average Bonchev–Trinajstić information content (AvgIpc) is 3.02. The summed E-state index contributed by atoms with van der Waals surface area (Å²) in [6, 6.07) is 9.39. The van der Waals surface area contributed by atoms with E-state index in [-0.39, 0.29) is 12.0 Å². The number of oxime groups is 1.